The zero-order chi connectivity index (χ0) is 15.1. The number of carbonyl (C=O) groups excluding carboxylic acids is 2. The van der Waals surface area contributed by atoms with E-state index in [0.717, 1.165) is 32.1 Å². The Morgan fingerprint density at radius 1 is 1.19 bits per heavy atom. The number of benzene rings is 1. The van der Waals surface area contributed by atoms with Crippen molar-refractivity contribution in [2.45, 2.75) is 32.1 Å². The smallest absolute Gasteiger partial charge is 0.339 e. The Kier molecular flexibility index (Phi) is 5.57. The topological polar surface area (TPSA) is 84.7 Å². The molecule has 0 aromatic heterocycles. The van der Waals surface area contributed by atoms with Gasteiger partial charge in [0.05, 0.1) is 12.6 Å². The summed E-state index contributed by atoms with van der Waals surface area (Å²) in [6.45, 7) is -0.00315. The number of hydrogen-bond acceptors (Lipinski definition) is 4. The predicted octanol–water partition coefficient (Wildman–Crippen LogP) is 2.16. The monoisotopic (exact) mass is 291 g/mol. The summed E-state index contributed by atoms with van der Waals surface area (Å²) in [5.41, 5.74) is 8.41. The molecule has 1 aromatic rings. The Balaban J connectivity index is 1.86. The molecule has 0 atom stereocenters. The van der Waals surface area contributed by atoms with E-state index < -0.39 is 6.03 Å². The van der Waals surface area contributed by atoms with E-state index in [1.807, 2.05) is 6.07 Å². The second-order valence-electron chi connectivity index (χ2n) is 5.11. The molecule has 6 heteroatoms. The van der Waals surface area contributed by atoms with Crippen LogP contribution in [0.15, 0.2) is 30.3 Å². The summed E-state index contributed by atoms with van der Waals surface area (Å²) in [4.78, 5) is 30.1. The fourth-order valence-electron chi connectivity index (χ4n) is 2.48. The van der Waals surface area contributed by atoms with Crippen molar-refractivity contribution in [1.29, 1.82) is 0 Å². The fraction of sp³-hybridized carbons (Fsp3) is 0.467. The van der Waals surface area contributed by atoms with E-state index >= 15 is 0 Å². The minimum absolute atomic E-state index is 0.00315. The number of urea groups is 1. The highest BCUT2D eigenvalue weighted by atomic mass is 16.7. The molecule has 3 N–H and O–H groups in total. The lowest BCUT2D eigenvalue weighted by molar-refractivity contribution is -0.154. The molecule has 1 saturated carbocycles. The molecule has 0 unspecified atom stereocenters. The third kappa shape index (κ3) is 4.19. The Bertz CT molecular complexity index is 472. The number of nitrogens with two attached hydrogens (primary N) is 1. The largest absolute Gasteiger partial charge is 0.356 e. The highest BCUT2D eigenvalue weighted by molar-refractivity contribution is 5.91. The minimum Gasteiger partial charge on any atom is -0.339 e. The number of rotatable bonds is 3. The van der Waals surface area contributed by atoms with Gasteiger partial charge in [-0.05, 0) is 25.0 Å². The maximum absolute atomic E-state index is 12.0. The van der Waals surface area contributed by atoms with Crippen molar-refractivity contribution in [1.82, 2.24) is 5.48 Å². The van der Waals surface area contributed by atoms with Gasteiger partial charge in [0.2, 0.25) is 0 Å². The molecular weight excluding hydrogens is 270 g/mol. The second-order valence-corrected chi connectivity index (χ2v) is 5.11. The Hall–Kier alpha value is -2.08. The summed E-state index contributed by atoms with van der Waals surface area (Å²) < 4.78 is 0. The van der Waals surface area contributed by atoms with E-state index in [2.05, 4.69) is 5.48 Å². The first-order valence-corrected chi connectivity index (χ1v) is 7.25. The number of hydrogen-bond donors (Lipinski definition) is 2. The van der Waals surface area contributed by atoms with E-state index in [1.54, 1.807) is 24.3 Å². The van der Waals surface area contributed by atoms with E-state index in [-0.39, 0.29) is 18.6 Å². The second kappa shape index (κ2) is 7.64. The van der Waals surface area contributed by atoms with Gasteiger partial charge in [0.1, 0.15) is 0 Å². The van der Waals surface area contributed by atoms with Crippen molar-refractivity contribution in [3.8, 4) is 0 Å². The summed E-state index contributed by atoms with van der Waals surface area (Å²) in [5, 5.41) is 0. The zero-order valence-electron chi connectivity index (χ0n) is 12.0. The lowest BCUT2D eigenvalue weighted by Gasteiger charge is -2.22. The van der Waals surface area contributed by atoms with Gasteiger partial charge in [-0.25, -0.2) is 9.59 Å². The highest BCUT2D eigenvalue weighted by Gasteiger charge is 2.24. The third-order valence-corrected chi connectivity index (χ3v) is 3.67. The van der Waals surface area contributed by atoms with E-state index in [9.17, 15) is 9.59 Å². The van der Waals surface area contributed by atoms with Crippen LogP contribution in [0.5, 0.6) is 0 Å². The molecule has 0 heterocycles. The van der Waals surface area contributed by atoms with Crippen molar-refractivity contribution in [2.75, 3.05) is 11.6 Å². The van der Waals surface area contributed by atoms with Gasteiger partial charge in [0, 0.05) is 5.69 Å². The number of carbonyl (C=O) groups is 2. The molecule has 6 nitrogen and oxygen atoms in total. The highest BCUT2D eigenvalue weighted by Crippen LogP contribution is 2.24. The number of nitrogens with zero attached hydrogens (tertiary/aromatic N) is 1. The summed E-state index contributed by atoms with van der Waals surface area (Å²) in [6, 6.07) is 8.43. The molecule has 1 aromatic carbocycles. The zero-order valence-corrected chi connectivity index (χ0v) is 12.0. The van der Waals surface area contributed by atoms with Gasteiger partial charge in [-0.2, -0.15) is 5.48 Å². The standard InChI is InChI=1S/C15H21N3O3/c16-11-18(13-9-5-2-6-10-13)15(20)17-21-14(19)12-7-3-1-4-8-12/h2,5-6,9-10,12H,1,3-4,7-8,11,16H2,(H,17,20). The molecule has 1 fully saturated rings. The molecule has 1 aliphatic rings. The summed E-state index contributed by atoms with van der Waals surface area (Å²) in [7, 11) is 0. The summed E-state index contributed by atoms with van der Waals surface area (Å²) in [5.74, 6) is -0.477. The van der Waals surface area contributed by atoms with Crippen molar-refractivity contribution < 1.29 is 14.4 Å². The first-order chi connectivity index (χ1) is 10.2. The van der Waals surface area contributed by atoms with Crippen LogP contribution in [-0.2, 0) is 9.63 Å². The number of anilines is 1. The van der Waals surface area contributed by atoms with Gasteiger partial charge in [-0.3, -0.25) is 4.90 Å². The average molecular weight is 291 g/mol. The number of hydroxylamine groups is 1. The molecule has 0 saturated heterocycles. The summed E-state index contributed by atoms with van der Waals surface area (Å²) >= 11 is 0. The quantitative estimate of drug-likeness (QED) is 0.660. The van der Waals surface area contributed by atoms with Gasteiger partial charge < -0.3 is 10.6 Å². The van der Waals surface area contributed by atoms with Crippen LogP contribution in [0.1, 0.15) is 32.1 Å². The molecule has 0 bridgehead atoms. The van der Waals surface area contributed by atoms with E-state index in [1.165, 1.54) is 4.90 Å². The van der Waals surface area contributed by atoms with Crippen LogP contribution in [0, 0.1) is 5.92 Å². The Morgan fingerprint density at radius 3 is 2.48 bits per heavy atom. The molecule has 2 rings (SSSR count). The predicted molar refractivity (Wildman–Crippen MR) is 79.2 cm³/mol. The molecule has 1 aliphatic carbocycles. The maximum atomic E-state index is 12.0. The van der Waals surface area contributed by atoms with Crippen molar-refractivity contribution in [3.63, 3.8) is 0 Å². The summed E-state index contributed by atoms with van der Waals surface area (Å²) in [6.07, 6.45) is 4.88. The van der Waals surface area contributed by atoms with Crippen molar-refractivity contribution in [2.24, 2.45) is 11.7 Å². The van der Waals surface area contributed by atoms with Gasteiger partial charge in [0.15, 0.2) is 0 Å². The lowest BCUT2D eigenvalue weighted by atomic mass is 9.89. The average Bonchev–Trinajstić information content (AvgIpc) is 2.55. The van der Waals surface area contributed by atoms with Crippen molar-refractivity contribution in [3.05, 3.63) is 30.3 Å². The van der Waals surface area contributed by atoms with Crippen LogP contribution >= 0.6 is 0 Å². The Morgan fingerprint density at radius 2 is 1.86 bits per heavy atom. The minimum atomic E-state index is -0.548. The third-order valence-electron chi connectivity index (χ3n) is 3.67. The molecular formula is C15H21N3O3. The normalized spacial score (nSPS) is 15.3. The van der Waals surface area contributed by atoms with Crippen LogP contribution in [0.25, 0.3) is 0 Å². The van der Waals surface area contributed by atoms with Crippen LogP contribution in [-0.4, -0.2) is 18.7 Å². The van der Waals surface area contributed by atoms with Gasteiger partial charge >= 0.3 is 12.0 Å². The molecule has 114 valence electrons. The van der Waals surface area contributed by atoms with Crippen LogP contribution in [0.3, 0.4) is 0 Å². The molecule has 21 heavy (non-hydrogen) atoms. The van der Waals surface area contributed by atoms with Crippen LogP contribution < -0.4 is 16.1 Å². The number of nitrogens with one attached hydrogen (secondary N) is 1. The van der Waals surface area contributed by atoms with Crippen LogP contribution in [0.4, 0.5) is 10.5 Å². The lowest BCUT2D eigenvalue weighted by Crippen LogP contribution is -2.44. The van der Waals surface area contributed by atoms with Crippen molar-refractivity contribution >= 4 is 17.7 Å². The van der Waals surface area contributed by atoms with Gasteiger partial charge in [-0.15, -0.1) is 0 Å². The molecule has 0 spiro atoms. The molecule has 2 amide bonds. The van der Waals surface area contributed by atoms with Gasteiger partial charge in [-0.1, -0.05) is 37.5 Å². The first kappa shape index (κ1) is 15.3. The van der Waals surface area contributed by atoms with E-state index in [4.69, 9.17) is 10.6 Å². The maximum Gasteiger partial charge on any atom is 0.356 e. The first-order valence-electron chi connectivity index (χ1n) is 7.25. The SMILES string of the molecule is NCN(C(=O)NOC(=O)C1CCCCC1)c1ccccc1. The molecule has 0 radical (unpaired) electrons. The Labute approximate surface area is 124 Å². The van der Waals surface area contributed by atoms with E-state index in [0.29, 0.717) is 5.69 Å². The van der Waals surface area contributed by atoms with Crippen LogP contribution in [0.2, 0.25) is 0 Å². The number of para-hydroxylation sites is 1. The number of amides is 2. The molecule has 0 aliphatic heterocycles. The fourth-order valence-corrected chi connectivity index (χ4v) is 2.48. The van der Waals surface area contributed by atoms with Gasteiger partial charge in [0.25, 0.3) is 0 Å².